The molecule has 0 unspecified atom stereocenters. The SMILES string of the molecule is Cc1ccccc1-c1cc(=O)oc2nc(N3CC[C@H](C(N)=O)C3)ccc12. The minimum Gasteiger partial charge on any atom is -0.404 e. The zero-order valence-electron chi connectivity index (χ0n) is 14.4. The monoisotopic (exact) mass is 349 g/mol. The molecule has 1 fully saturated rings. The highest BCUT2D eigenvalue weighted by molar-refractivity contribution is 5.93. The highest BCUT2D eigenvalue weighted by atomic mass is 16.4. The van der Waals surface area contributed by atoms with E-state index in [1.807, 2.05) is 48.2 Å². The van der Waals surface area contributed by atoms with Crippen molar-refractivity contribution in [1.82, 2.24) is 4.98 Å². The van der Waals surface area contributed by atoms with Gasteiger partial charge in [-0.1, -0.05) is 24.3 Å². The number of nitrogens with zero attached hydrogens (tertiary/aromatic N) is 2. The van der Waals surface area contributed by atoms with Gasteiger partial charge >= 0.3 is 5.63 Å². The van der Waals surface area contributed by atoms with Crippen LogP contribution in [0.2, 0.25) is 0 Å². The molecule has 1 amide bonds. The Balaban J connectivity index is 1.80. The number of primary amides is 1. The van der Waals surface area contributed by atoms with Crippen LogP contribution < -0.4 is 16.3 Å². The van der Waals surface area contributed by atoms with Crippen LogP contribution in [0.15, 0.2) is 51.7 Å². The number of hydrogen-bond acceptors (Lipinski definition) is 5. The van der Waals surface area contributed by atoms with E-state index in [2.05, 4.69) is 4.98 Å². The van der Waals surface area contributed by atoms with Crippen molar-refractivity contribution in [2.45, 2.75) is 13.3 Å². The van der Waals surface area contributed by atoms with Gasteiger partial charge in [0.15, 0.2) is 0 Å². The average Bonchev–Trinajstić information content (AvgIpc) is 3.11. The minimum atomic E-state index is -0.433. The molecule has 0 radical (unpaired) electrons. The first kappa shape index (κ1) is 16.3. The van der Waals surface area contributed by atoms with E-state index < -0.39 is 5.63 Å². The van der Waals surface area contributed by atoms with Crippen LogP contribution in [0.4, 0.5) is 5.82 Å². The summed E-state index contributed by atoms with van der Waals surface area (Å²) in [7, 11) is 0. The Kier molecular flexibility index (Phi) is 3.95. The number of benzene rings is 1. The predicted molar refractivity (Wildman–Crippen MR) is 100.0 cm³/mol. The first-order valence-corrected chi connectivity index (χ1v) is 8.58. The topological polar surface area (TPSA) is 89.4 Å². The summed E-state index contributed by atoms with van der Waals surface area (Å²) in [6, 6.07) is 13.2. The molecule has 6 nitrogen and oxygen atoms in total. The molecule has 3 aromatic rings. The van der Waals surface area contributed by atoms with Crippen LogP contribution in [-0.2, 0) is 4.79 Å². The number of anilines is 1. The van der Waals surface area contributed by atoms with Gasteiger partial charge in [0.25, 0.3) is 0 Å². The highest BCUT2D eigenvalue weighted by Crippen LogP contribution is 2.31. The maximum Gasteiger partial charge on any atom is 0.338 e. The van der Waals surface area contributed by atoms with Gasteiger partial charge in [0.05, 0.1) is 5.92 Å². The van der Waals surface area contributed by atoms with Crippen molar-refractivity contribution >= 4 is 22.8 Å². The molecule has 2 N–H and O–H groups in total. The lowest BCUT2D eigenvalue weighted by Crippen LogP contribution is -2.27. The molecule has 132 valence electrons. The van der Waals surface area contributed by atoms with Crippen LogP contribution in [-0.4, -0.2) is 24.0 Å². The summed E-state index contributed by atoms with van der Waals surface area (Å²) in [6.45, 7) is 3.25. The van der Waals surface area contributed by atoms with E-state index in [-0.39, 0.29) is 11.8 Å². The van der Waals surface area contributed by atoms with Crippen molar-refractivity contribution in [3.05, 3.63) is 58.4 Å². The molecule has 3 heterocycles. The Bertz CT molecular complexity index is 1060. The van der Waals surface area contributed by atoms with Crippen molar-refractivity contribution in [3.8, 4) is 11.1 Å². The Morgan fingerprint density at radius 2 is 2.04 bits per heavy atom. The van der Waals surface area contributed by atoms with E-state index in [0.717, 1.165) is 22.1 Å². The number of pyridine rings is 1. The fourth-order valence-corrected chi connectivity index (χ4v) is 3.51. The van der Waals surface area contributed by atoms with E-state index in [1.165, 1.54) is 6.07 Å². The minimum absolute atomic E-state index is 0.169. The Morgan fingerprint density at radius 1 is 1.23 bits per heavy atom. The van der Waals surface area contributed by atoms with Gasteiger partial charge in [-0.25, -0.2) is 4.79 Å². The molecular weight excluding hydrogens is 330 g/mol. The van der Waals surface area contributed by atoms with E-state index in [1.54, 1.807) is 0 Å². The first-order chi connectivity index (χ1) is 12.5. The lowest BCUT2D eigenvalue weighted by atomic mass is 9.99. The normalized spacial score (nSPS) is 17.0. The number of amides is 1. The summed E-state index contributed by atoms with van der Waals surface area (Å²) in [5.74, 6) is 0.228. The van der Waals surface area contributed by atoms with Crippen LogP contribution in [0.3, 0.4) is 0 Å². The molecular formula is C20H19N3O3. The van der Waals surface area contributed by atoms with E-state index in [9.17, 15) is 9.59 Å². The van der Waals surface area contributed by atoms with Gasteiger partial charge in [-0.3, -0.25) is 4.79 Å². The Morgan fingerprint density at radius 3 is 2.77 bits per heavy atom. The van der Waals surface area contributed by atoms with Crippen LogP contribution in [0.25, 0.3) is 22.2 Å². The van der Waals surface area contributed by atoms with E-state index >= 15 is 0 Å². The molecule has 1 aliphatic heterocycles. The second-order valence-corrected chi connectivity index (χ2v) is 6.65. The number of fused-ring (bicyclic) bond motifs is 1. The number of aromatic nitrogens is 1. The van der Waals surface area contributed by atoms with Crippen molar-refractivity contribution in [2.75, 3.05) is 18.0 Å². The van der Waals surface area contributed by atoms with Crippen LogP contribution >= 0.6 is 0 Å². The largest absolute Gasteiger partial charge is 0.404 e. The third kappa shape index (κ3) is 2.83. The molecule has 1 aliphatic rings. The summed E-state index contributed by atoms with van der Waals surface area (Å²) < 4.78 is 5.35. The third-order valence-corrected chi connectivity index (χ3v) is 4.95. The number of carbonyl (C=O) groups excluding carboxylic acids is 1. The lowest BCUT2D eigenvalue weighted by molar-refractivity contribution is -0.121. The zero-order chi connectivity index (χ0) is 18.3. The molecule has 0 spiro atoms. The molecule has 1 atom stereocenters. The molecule has 1 saturated heterocycles. The zero-order valence-corrected chi connectivity index (χ0v) is 14.4. The summed E-state index contributed by atoms with van der Waals surface area (Å²) >= 11 is 0. The van der Waals surface area contributed by atoms with Crippen molar-refractivity contribution in [3.63, 3.8) is 0 Å². The summed E-state index contributed by atoms with van der Waals surface area (Å²) in [6.07, 6.45) is 0.711. The van der Waals surface area contributed by atoms with Crippen LogP contribution in [0, 0.1) is 12.8 Å². The standard InChI is InChI=1S/C20H19N3O3/c1-12-4-2-3-5-14(12)16-10-18(24)26-20-15(16)6-7-17(22-20)23-9-8-13(11-23)19(21)25/h2-7,10,13H,8-9,11H2,1H3,(H2,21,25)/t13-/m0/s1. The summed E-state index contributed by atoms with van der Waals surface area (Å²) in [4.78, 5) is 30.0. The van der Waals surface area contributed by atoms with Crippen LogP contribution in [0.5, 0.6) is 0 Å². The summed E-state index contributed by atoms with van der Waals surface area (Å²) in [5.41, 5.74) is 8.14. The Labute approximate surface area is 150 Å². The Hall–Kier alpha value is -3.15. The quantitative estimate of drug-likeness (QED) is 0.784. The van der Waals surface area contributed by atoms with E-state index in [4.69, 9.17) is 10.2 Å². The number of carbonyl (C=O) groups is 1. The average molecular weight is 349 g/mol. The maximum absolute atomic E-state index is 12.1. The van der Waals surface area contributed by atoms with Crippen molar-refractivity contribution < 1.29 is 9.21 Å². The molecule has 4 rings (SSSR count). The van der Waals surface area contributed by atoms with Gasteiger partial charge in [0.1, 0.15) is 5.82 Å². The second kappa shape index (κ2) is 6.29. The van der Waals surface area contributed by atoms with Crippen molar-refractivity contribution in [2.24, 2.45) is 11.7 Å². The smallest absolute Gasteiger partial charge is 0.338 e. The van der Waals surface area contributed by atoms with E-state index in [0.29, 0.717) is 31.0 Å². The predicted octanol–water partition coefficient (Wildman–Crippen LogP) is 2.48. The first-order valence-electron chi connectivity index (χ1n) is 8.58. The number of rotatable bonds is 3. The van der Waals surface area contributed by atoms with Gasteiger partial charge in [-0.2, -0.15) is 4.98 Å². The number of hydrogen-bond donors (Lipinski definition) is 1. The molecule has 26 heavy (non-hydrogen) atoms. The molecule has 2 aromatic heterocycles. The lowest BCUT2D eigenvalue weighted by Gasteiger charge is -2.17. The van der Waals surface area contributed by atoms with Gasteiger partial charge < -0.3 is 15.1 Å². The molecule has 0 saturated carbocycles. The van der Waals surface area contributed by atoms with Gasteiger partial charge in [0, 0.05) is 30.1 Å². The molecule has 6 heteroatoms. The van der Waals surface area contributed by atoms with Gasteiger partial charge in [0.2, 0.25) is 11.6 Å². The van der Waals surface area contributed by atoms with Crippen LogP contribution in [0.1, 0.15) is 12.0 Å². The number of nitrogens with two attached hydrogens (primary N) is 1. The molecule has 1 aromatic carbocycles. The van der Waals surface area contributed by atoms with Crippen molar-refractivity contribution in [1.29, 1.82) is 0 Å². The fraction of sp³-hybridized carbons (Fsp3) is 0.250. The third-order valence-electron chi connectivity index (χ3n) is 4.95. The molecule has 0 aliphatic carbocycles. The van der Waals surface area contributed by atoms with Gasteiger partial charge in [-0.05, 0) is 36.6 Å². The number of aryl methyl sites for hydroxylation is 1. The fourth-order valence-electron chi connectivity index (χ4n) is 3.51. The molecule has 0 bridgehead atoms. The highest BCUT2D eigenvalue weighted by Gasteiger charge is 2.27. The van der Waals surface area contributed by atoms with Gasteiger partial charge in [-0.15, -0.1) is 0 Å². The maximum atomic E-state index is 12.1. The second-order valence-electron chi connectivity index (χ2n) is 6.65. The summed E-state index contributed by atoms with van der Waals surface area (Å²) in [5, 5.41) is 0.785.